The van der Waals surface area contributed by atoms with Gasteiger partial charge in [-0.25, -0.2) is 0 Å². The molecule has 2 rings (SSSR count). The molecule has 0 bridgehead atoms. The first-order chi connectivity index (χ1) is 3.47. The van der Waals surface area contributed by atoms with Crippen molar-refractivity contribution < 1.29 is 0 Å². The Morgan fingerprint density at radius 2 is 1.86 bits per heavy atom. The molecule has 40 valence electrons. The molecular weight excluding hydrogens is 86.1 g/mol. The monoisotopic (exact) mass is 97.1 g/mol. The lowest BCUT2D eigenvalue weighted by atomic mass is 10.0. The molecule has 0 aromatic heterocycles. The summed E-state index contributed by atoms with van der Waals surface area (Å²) in [7, 11) is 0. The Hall–Kier alpha value is -0.0400. The summed E-state index contributed by atoms with van der Waals surface area (Å²) in [5.74, 6) is 1.09. The smallest absolute Gasteiger partial charge is 0.0107 e. The minimum Gasteiger partial charge on any atom is -0.314 e. The second-order valence-corrected chi connectivity index (χ2v) is 2.69. The predicted molar refractivity (Wildman–Crippen MR) is 29.1 cm³/mol. The van der Waals surface area contributed by atoms with Gasteiger partial charge >= 0.3 is 0 Å². The molecule has 1 aliphatic heterocycles. The topological polar surface area (TPSA) is 12.0 Å². The van der Waals surface area contributed by atoms with Crippen LogP contribution in [0.15, 0.2) is 0 Å². The average Bonchev–Trinajstić information content (AvgIpc) is 2.10. The van der Waals surface area contributed by atoms with Gasteiger partial charge in [0.15, 0.2) is 0 Å². The molecule has 7 heavy (non-hydrogen) atoms. The molecule has 0 radical (unpaired) electrons. The zero-order valence-corrected chi connectivity index (χ0v) is 4.48. The van der Waals surface area contributed by atoms with Gasteiger partial charge in [0.2, 0.25) is 0 Å². The van der Waals surface area contributed by atoms with Crippen molar-refractivity contribution in [2.45, 2.75) is 25.3 Å². The van der Waals surface area contributed by atoms with Crippen LogP contribution in [-0.2, 0) is 0 Å². The largest absolute Gasteiger partial charge is 0.314 e. The molecule has 1 N–H and O–H groups in total. The summed E-state index contributed by atoms with van der Waals surface area (Å²) in [6.07, 6.45) is 4.44. The fraction of sp³-hybridized carbons (Fsp3) is 1.00. The quantitative estimate of drug-likeness (QED) is 0.509. The van der Waals surface area contributed by atoms with Crippen molar-refractivity contribution in [3.05, 3.63) is 0 Å². The molecule has 1 nitrogen and oxygen atoms in total. The van der Waals surface area contributed by atoms with E-state index in [1.54, 1.807) is 0 Å². The Kier molecular flexibility index (Phi) is 0.680. The summed E-state index contributed by atoms with van der Waals surface area (Å²) in [6, 6.07) is 0.944. The minimum atomic E-state index is 0.944. The van der Waals surface area contributed by atoms with Crippen molar-refractivity contribution in [3.8, 4) is 0 Å². The summed E-state index contributed by atoms with van der Waals surface area (Å²) in [4.78, 5) is 0. The molecule has 0 aromatic carbocycles. The Bertz CT molecular complexity index is 72.2. The van der Waals surface area contributed by atoms with E-state index < -0.39 is 0 Å². The average molecular weight is 97.2 g/mol. The molecule has 2 aliphatic rings. The molecule has 1 atom stereocenters. The van der Waals surface area contributed by atoms with Crippen molar-refractivity contribution in [2.24, 2.45) is 5.92 Å². The van der Waals surface area contributed by atoms with Crippen molar-refractivity contribution in [1.29, 1.82) is 0 Å². The Morgan fingerprint density at radius 3 is 2.00 bits per heavy atom. The second-order valence-electron chi connectivity index (χ2n) is 2.69. The third-order valence-electron chi connectivity index (χ3n) is 2.05. The van der Waals surface area contributed by atoms with E-state index in [0.717, 1.165) is 12.0 Å². The van der Waals surface area contributed by atoms with E-state index >= 15 is 0 Å². The fourth-order valence-corrected chi connectivity index (χ4v) is 1.21. The van der Waals surface area contributed by atoms with Gasteiger partial charge in [0, 0.05) is 6.04 Å². The van der Waals surface area contributed by atoms with Crippen LogP contribution >= 0.6 is 0 Å². The third-order valence-corrected chi connectivity index (χ3v) is 2.05. The lowest BCUT2D eigenvalue weighted by molar-refractivity contribution is 0.334. The van der Waals surface area contributed by atoms with E-state index in [1.165, 1.54) is 25.8 Å². The van der Waals surface area contributed by atoms with E-state index in [1.807, 2.05) is 0 Å². The second kappa shape index (κ2) is 1.22. The Morgan fingerprint density at radius 1 is 1.14 bits per heavy atom. The van der Waals surface area contributed by atoms with Crippen molar-refractivity contribution in [3.63, 3.8) is 0 Å². The summed E-state index contributed by atoms with van der Waals surface area (Å²) < 4.78 is 0. The van der Waals surface area contributed by atoms with E-state index in [4.69, 9.17) is 0 Å². The molecule has 2 fully saturated rings. The van der Waals surface area contributed by atoms with Gasteiger partial charge in [0.25, 0.3) is 0 Å². The van der Waals surface area contributed by atoms with Crippen LogP contribution in [-0.4, -0.2) is 12.6 Å². The first-order valence-electron chi connectivity index (χ1n) is 3.20. The molecule has 1 heterocycles. The van der Waals surface area contributed by atoms with Gasteiger partial charge in [-0.15, -0.1) is 0 Å². The molecule has 1 unspecified atom stereocenters. The summed E-state index contributed by atoms with van der Waals surface area (Å²) in [6.45, 7) is 1.28. The van der Waals surface area contributed by atoms with Crippen LogP contribution in [0.5, 0.6) is 0 Å². The van der Waals surface area contributed by atoms with Gasteiger partial charge in [-0.05, 0) is 31.7 Å². The zero-order valence-electron chi connectivity index (χ0n) is 4.48. The maximum atomic E-state index is 3.41. The van der Waals surface area contributed by atoms with Crippen LogP contribution in [0.25, 0.3) is 0 Å². The van der Waals surface area contributed by atoms with Crippen molar-refractivity contribution >= 4 is 0 Å². The molecular formula is C6H11N. The lowest BCUT2D eigenvalue weighted by Crippen LogP contribution is -2.44. The van der Waals surface area contributed by atoms with Crippen LogP contribution in [0.3, 0.4) is 0 Å². The first kappa shape index (κ1) is 3.90. The molecule has 0 spiro atoms. The summed E-state index contributed by atoms with van der Waals surface area (Å²) >= 11 is 0. The highest BCUT2D eigenvalue weighted by molar-refractivity contribution is 4.91. The molecule has 1 heteroatoms. The molecule has 0 aromatic rings. The van der Waals surface area contributed by atoms with Gasteiger partial charge < -0.3 is 5.32 Å². The maximum absolute atomic E-state index is 3.41. The van der Waals surface area contributed by atoms with Crippen LogP contribution < -0.4 is 5.32 Å². The summed E-state index contributed by atoms with van der Waals surface area (Å²) in [5, 5.41) is 3.41. The van der Waals surface area contributed by atoms with E-state index in [2.05, 4.69) is 5.32 Å². The predicted octanol–water partition coefficient (Wildman–Crippen LogP) is 0.758. The van der Waals surface area contributed by atoms with E-state index in [-0.39, 0.29) is 0 Å². The number of hydrogen-bond donors (Lipinski definition) is 1. The van der Waals surface area contributed by atoms with Gasteiger partial charge in [0.05, 0.1) is 0 Å². The van der Waals surface area contributed by atoms with Crippen LogP contribution in [0, 0.1) is 5.92 Å². The van der Waals surface area contributed by atoms with Crippen LogP contribution in [0.4, 0.5) is 0 Å². The number of nitrogens with one attached hydrogen (secondary N) is 1. The first-order valence-corrected chi connectivity index (χ1v) is 3.20. The van der Waals surface area contributed by atoms with Gasteiger partial charge in [0.1, 0.15) is 0 Å². The zero-order chi connectivity index (χ0) is 4.69. The summed E-state index contributed by atoms with van der Waals surface area (Å²) in [5.41, 5.74) is 0. The molecule has 1 saturated heterocycles. The van der Waals surface area contributed by atoms with Crippen LogP contribution in [0.2, 0.25) is 0 Å². The SMILES string of the molecule is C1CC(C2CC2)N1. The van der Waals surface area contributed by atoms with Crippen molar-refractivity contribution in [1.82, 2.24) is 5.32 Å². The Balaban J connectivity index is 1.83. The van der Waals surface area contributed by atoms with Crippen LogP contribution in [0.1, 0.15) is 19.3 Å². The van der Waals surface area contributed by atoms with E-state index in [9.17, 15) is 0 Å². The number of hydrogen-bond acceptors (Lipinski definition) is 1. The molecule has 0 amide bonds. The normalized spacial score (nSPS) is 40.3. The lowest BCUT2D eigenvalue weighted by Gasteiger charge is -2.27. The fourth-order valence-electron chi connectivity index (χ4n) is 1.21. The number of rotatable bonds is 1. The van der Waals surface area contributed by atoms with E-state index in [0.29, 0.717) is 0 Å². The standard InChI is InChI=1S/C6H11N/c1-2-5(1)6-3-4-7-6/h5-7H,1-4H2. The van der Waals surface area contributed by atoms with Crippen molar-refractivity contribution in [2.75, 3.05) is 6.54 Å². The Labute approximate surface area is 44.1 Å². The highest BCUT2D eigenvalue weighted by Gasteiger charge is 2.34. The van der Waals surface area contributed by atoms with Gasteiger partial charge in [-0.2, -0.15) is 0 Å². The third kappa shape index (κ3) is 0.556. The highest BCUT2D eigenvalue weighted by Crippen LogP contribution is 2.35. The van der Waals surface area contributed by atoms with Gasteiger partial charge in [-0.1, -0.05) is 0 Å². The molecule has 1 saturated carbocycles. The minimum absolute atomic E-state index is 0.944. The maximum Gasteiger partial charge on any atom is 0.0107 e. The highest BCUT2D eigenvalue weighted by atomic mass is 15.0. The molecule has 1 aliphatic carbocycles. The van der Waals surface area contributed by atoms with Gasteiger partial charge in [-0.3, -0.25) is 0 Å².